The van der Waals surface area contributed by atoms with E-state index in [4.69, 9.17) is 27.9 Å². The molecule has 0 heterocycles. The van der Waals surface area contributed by atoms with Crippen LogP contribution in [0.15, 0.2) is 36.4 Å². The van der Waals surface area contributed by atoms with Gasteiger partial charge in [-0.05, 0) is 30.7 Å². The number of aliphatic hydroxyl groups is 1. The summed E-state index contributed by atoms with van der Waals surface area (Å²) in [6.45, 7) is 1.69. The van der Waals surface area contributed by atoms with E-state index < -0.39 is 11.9 Å². The van der Waals surface area contributed by atoms with Crippen LogP contribution in [0.3, 0.4) is 0 Å². The molecule has 106 valence electrons. The van der Waals surface area contributed by atoms with Gasteiger partial charge in [0.1, 0.15) is 6.61 Å². The molecule has 0 saturated heterocycles. The standard InChI is InChI=1S/C15H13Cl2FO2/c1-9(19)10-5-6-14(13(18)7-10)20-8-11-3-2-4-12(16)15(11)17/h2-7,9,19H,8H2,1H3/t9-/m0/s1. The Bertz CT molecular complexity index is 615. The molecule has 5 heteroatoms. The lowest BCUT2D eigenvalue weighted by atomic mass is 10.1. The molecule has 0 aliphatic heterocycles. The van der Waals surface area contributed by atoms with Gasteiger partial charge in [0.2, 0.25) is 0 Å². The lowest BCUT2D eigenvalue weighted by Crippen LogP contribution is -2.00. The smallest absolute Gasteiger partial charge is 0.165 e. The molecule has 2 aromatic rings. The van der Waals surface area contributed by atoms with E-state index >= 15 is 0 Å². The third kappa shape index (κ3) is 3.42. The predicted octanol–water partition coefficient (Wildman–Crippen LogP) is 4.76. The molecule has 0 fully saturated rings. The first-order chi connectivity index (χ1) is 9.49. The Morgan fingerprint density at radius 3 is 2.65 bits per heavy atom. The van der Waals surface area contributed by atoms with Crippen molar-refractivity contribution in [1.82, 2.24) is 0 Å². The van der Waals surface area contributed by atoms with E-state index in [1.54, 1.807) is 31.2 Å². The first kappa shape index (κ1) is 15.1. The van der Waals surface area contributed by atoms with E-state index in [1.807, 2.05) is 0 Å². The second-order valence-corrected chi connectivity index (χ2v) is 5.15. The van der Waals surface area contributed by atoms with E-state index in [2.05, 4.69) is 0 Å². The molecule has 0 aromatic heterocycles. The van der Waals surface area contributed by atoms with Gasteiger partial charge in [0.25, 0.3) is 0 Å². The lowest BCUT2D eigenvalue weighted by molar-refractivity contribution is 0.198. The van der Waals surface area contributed by atoms with E-state index in [9.17, 15) is 9.50 Å². The molecule has 0 saturated carbocycles. The Morgan fingerprint density at radius 2 is 2.00 bits per heavy atom. The molecule has 0 aliphatic carbocycles. The van der Waals surface area contributed by atoms with Crippen LogP contribution in [0.25, 0.3) is 0 Å². The number of hydrogen-bond acceptors (Lipinski definition) is 2. The summed E-state index contributed by atoms with van der Waals surface area (Å²) >= 11 is 11.9. The molecule has 1 N–H and O–H groups in total. The van der Waals surface area contributed by atoms with Gasteiger partial charge in [0, 0.05) is 5.56 Å². The molecule has 20 heavy (non-hydrogen) atoms. The van der Waals surface area contributed by atoms with Crippen LogP contribution in [-0.2, 0) is 6.61 Å². The lowest BCUT2D eigenvalue weighted by Gasteiger charge is -2.11. The van der Waals surface area contributed by atoms with Crippen LogP contribution in [-0.4, -0.2) is 5.11 Å². The molecule has 0 bridgehead atoms. The van der Waals surface area contributed by atoms with Crippen molar-refractivity contribution in [3.8, 4) is 5.75 Å². The summed E-state index contributed by atoms with van der Waals surface area (Å²) in [6.07, 6.45) is -0.721. The van der Waals surface area contributed by atoms with E-state index in [-0.39, 0.29) is 12.4 Å². The van der Waals surface area contributed by atoms with E-state index in [0.29, 0.717) is 21.2 Å². The highest BCUT2D eigenvalue weighted by molar-refractivity contribution is 6.42. The van der Waals surface area contributed by atoms with Crippen LogP contribution in [0.4, 0.5) is 4.39 Å². The molecule has 2 aromatic carbocycles. The van der Waals surface area contributed by atoms with Crippen LogP contribution < -0.4 is 4.74 Å². The van der Waals surface area contributed by atoms with Crippen LogP contribution >= 0.6 is 23.2 Å². The predicted molar refractivity (Wildman–Crippen MR) is 77.8 cm³/mol. The fourth-order valence-electron chi connectivity index (χ4n) is 1.71. The Morgan fingerprint density at radius 1 is 1.25 bits per heavy atom. The topological polar surface area (TPSA) is 29.5 Å². The summed E-state index contributed by atoms with van der Waals surface area (Å²) in [4.78, 5) is 0. The summed E-state index contributed by atoms with van der Waals surface area (Å²) in [7, 11) is 0. The normalized spacial score (nSPS) is 12.2. The quantitative estimate of drug-likeness (QED) is 0.881. The van der Waals surface area contributed by atoms with E-state index in [1.165, 1.54) is 12.1 Å². The van der Waals surface area contributed by atoms with Gasteiger partial charge in [0.05, 0.1) is 16.1 Å². The summed E-state index contributed by atoms with van der Waals surface area (Å²) < 4.78 is 19.2. The fraction of sp³-hybridized carbons (Fsp3) is 0.200. The van der Waals surface area contributed by atoms with Crippen LogP contribution in [0, 0.1) is 5.82 Å². The van der Waals surface area contributed by atoms with Gasteiger partial charge in [-0.1, -0.05) is 41.4 Å². The van der Waals surface area contributed by atoms with Gasteiger partial charge in [-0.3, -0.25) is 0 Å². The Labute approximate surface area is 126 Å². The summed E-state index contributed by atoms with van der Waals surface area (Å²) in [6, 6.07) is 9.53. The summed E-state index contributed by atoms with van der Waals surface area (Å²) in [5, 5.41) is 10.2. The van der Waals surface area contributed by atoms with Crippen molar-refractivity contribution >= 4 is 23.2 Å². The maximum atomic E-state index is 13.8. The summed E-state index contributed by atoms with van der Waals surface area (Å²) in [5.41, 5.74) is 1.17. The number of rotatable bonds is 4. The van der Waals surface area contributed by atoms with Crippen molar-refractivity contribution in [2.24, 2.45) is 0 Å². The van der Waals surface area contributed by atoms with Gasteiger partial charge in [-0.15, -0.1) is 0 Å². The molecule has 0 radical (unpaired) electrons. The van der Waals surface area contributed by atoms with Crippen LogP contribution in [0.5, 0.6) is 5.75 Å². The third-order valence-electron chi connectivity index (χ3n) is 2.85. The van der Waals surface area contributed by atoms with Gasteiger partial charge in [0.15, 0.2) is 11.6 Å². The van der Waals surface area contributed by atoms with E-state index in [0.717, 1.165) is 0 Å². The average Bonchev–Trinajstić information content (AvgIpc) is 2.41. The molecule has 2 nitrogen and oxygen atoms in total. The zero-order valence-corrected chi connectivity index (χ0v) is 12.2. The maximum absolute atomic E-state index is 13.8. The highest BCUT2D eigenvalue weighted by atomic mass is 35.5. The van der Waals surface area contributed by atoms with Crippen molar-refractivity contribution in [2.45, 2.75) is 19.6 Å². The van der Waals surface area contributed by atoms with Gasteiger partial charge in [-0.2, -0.15) is 0 Å². The minimum Gasteiger partial charge on any atom is -0.486 e. The number of ether oxygens (including phenoxy) is 1. The van der Waals surface area contributed by atoms with Crippen molar-refractivity contribution in [1.29, 1.82) is 0 Å². The highest BCUT2D eigenvalue weighted by Gasteiger charge is 2.10. The SMILES string of the molecule is C[C@H](O)c1ccc(OCc2cccc(Cl)c2Cl)c(F)c1. The first-order valence-electron chi connectivity index (χ1n) is 6.02. The monoisotopic (exact) mass is 314 g/mol. The Balaban J connectivity index is 2.13. The van der Waals surface area contributed by atoms with Crippen molar-refractivity contribution in [2.75, 3.05) is 0 Å². The second-order valence-electron chi connectivity index (χ2n) is 4.37. The number of hydrogen-bond donors (Lipinski definition) is 1. The summed E-state index contributed by atoms with van der Waals surface area (Å²) in [5.74, 6) is -0.424. The minimum atomic E-state index is -0.721. The Kier molecular flexibility index (Phi) is 4.86. The first-order valence-corrected chi connectivity index (χ1v) is 6.78. The van der Waals surface area contributed by atoms with Crippen molar-refractivity contribution in [3.63, 3.8) is 0 Å². The molecule has 0 unspecified atom stereocenters. The zero-order valence-electron chi connectivity index (χ0n) is 10.7. The molecular weight excluding hydrogens is 302 g/mol. The molecule has 0 spiro atoms. The van der Waals surface area contributed by atoms with Crippen LogP contribution in [0.1, 0.15) is 24.2 Å². The van der Waals surface area contributed by atoms with Crippen molar-refractivity contribution < 1.29 is 14.2 Å². The zero-order chi connectivity index (χ0) is 14.7. The van der Waals surface area contributed by atoms with Crippen LogP contribution in [0.2, 0.25) is 10.0 Å². The number of aliphatic hydroxyl groups excluding tert-OH is 1. The molecule has 1 atom stereocenters. The largest absolute Gasteiger partial charge is 0.486 e. The third-order valence-corrected chi connectivity index (χ3v) is 3.71. The maximum Gasteiger partial charge on any atom is 0.165 e. The van der Waals surface area contributed by atoms with Gasteiger partial charge in [-0.25, -0.2) is 4.39 Å². The minimum absolute atomic E-state index is 0.102. The molecule has 0 amide bonds. The van der Waals surface area contributed by atoms with Gasteiger partial charge >= 0.3 is 0 Å². The second kappa shape index (κ2) is 6.44. The van der Waals surface area contributed by atoms with Crippen molar-refractivity contribution in [3.05, 3.63) is 63.4 Å². The molecule has 0 aliphatic rings. The average molecular weight is 315 g/mol. The fourth-order valence-corrected chi connectivity index (χ4v) is 2.08. The molecular formula is C15H13Cl2FO2. The number of benzene rings is 2. The number of halogens is 3. The Hall–Kier alpha value is -1.29. The highest BCUT2D eigenvalue weighted by Crippen LogP contribution is 2.28. The van der Waals surface area contributed by atoms with Gasteiger partial charge < -0.3 is 9.84 Å². The molecule has 2 rings (SSSR count).